The summed E-state index contributed by atoms with van der Waals surface area (Å²) < 4.78 is 52.4. The van der Waals surface area contributed by atoms with Gasteiger partial charge in [0.05, 0.1) is 29.5 Å². The van der Waals surface area contributed by atoms with Gasteiger partial charge < -0.3 is 10.6 Å². The SMILES string of the molecule is CNC(=O)c1c(F)cnc2c([C@H](C)CNc3cc(-c4ccc(CC5CCN(CC(F)(F)F)CC5)nc4)ncn3)cccc12.S. The molecule has 5 rings (SSSR count). The molecule has 4 aromatic rings. The lowest BCUT2D eigenvalue weighted by atomic mass is 9.92. The Morgan fingerprint density at radius 1 is 1.07 bits per heavy atom. The number of likely N-dealkylation sites (tertiary alicyclic amines) is 1. The van der Waals surface area contributed by atoms with Crippen molar-refractivity contribution in [1.82, 2.24) is 30.2 Å². The van der Waals surface area contributed by atoms with Crippen LogP contribution in [0.25, 0.3) is 22.2 Å². The third-order valence-corrected chi connectivity index (χ3v) is 7.85. The molecule has 234 valence electrons. The smallest absolute Gasteiger partial charge is 0.369 e. The van der Waals surface area contributed by atoms with Crippen molar-refractivity contribution in [3.05, 3.63) is 77.8 Å². The van der Waals surface area contributed by atoms with Crippen molar-refractivity contribution in [3.8, 4) is 11.3 Å². The van der Waals surface area contributed by atoms with Gasteiger partial charge in [-0.05, 0) is 56.0 Å². The number of benzene rings is 1. The van der Waals surface area contributed by atoms with E-state index in [1.165, 1.54) is 18.3 Å². The molecule has 1 amide bonds. The highest BCUT2D eigenvalue weighted by atomic mass is 32.1. The van der Waals surface area contributed by atoms with Crippen LogP contribution in [0.5, 0.6) is 0 Å². The molecule has 1 aliphatic rings. The number of aromatic nitrogens is 4. The highest BCUT2D eigenvalue weighted by molar-refractivity contribution is 7.59. The summed E-state index contributed by atoms with van der Waals surface area (Å²) in [5.41, 5.74) is 3.84. The summed E-state index contributed by atoms with van der Waals surface area (Å²) >= 11 is 0. The molecule has 0 unspecified atom stereocenters. The first-order valence-corrected chi connectivity index (χ1v) is 14.2. The van der Waals surface area contributed by atoms with Crippen LogP contribution in [0.1, 0.15) is 47.3 Å². The van der Waals surface area contributed by atoms with Crippen LogP contribution in [0.4, 0.5) is 23.4 Å². The van der Waals surface area contributed by atoms with Gasteiger partial charge in [0, 0.05) is 48.4 Å². The van der Waals surface area contributed by atoms with Gasteiger partial charge in [0.1, 0.15) is 12.1 Å². The molecule has 13 heteroatoms. The fourth-order valence-electron chi connectivity index (χ4n) is 5.55. The van der Waals surface area contributed by atoms with Crippen LogP contribution in [-0.2, 0) is 6.42 Å². The van der Waals surface area contributed by atoms with Crippen molar-refractivity contribution in [2.45, 2.75) is 38.3 Å². The number of carbonyl (C=O) groups excluding carboxylic acids is 1. The molecule has 0 spiro atoms. The van der Waals surface area contributed by atoms with Crippen molar-refractivity contribution >= 4 is 36.1 Å². The van der Waals surface area contributed by atoms with E-state index in [9.17, 15) is 22.4 Å². The Morgan fingerprint density at radius 2 is 1.84 bits per heavy atom. The van der Waals surface area contributed by atoms with E-state index in [1.54, 1.807) is 18.3 Å². The maximum absolute atomic E-state index is 14.4. The maximum atomic E-state index is 14.4. The molecular formula is C31H35F4N7OS. The molecule has 4 heterocycles. The maximum Gasteiger partial charge on any atom is 0.401 e. The Hall–Kier alpha value is -3.84. The van der Waals surface area contributed by atoms with Crippen LogP contribution in [0.2, 0.25) is 0 Å². The number of amides is 1. The van der Waals surface area contributed by atoms with Gasteiger partial charge in [-0.2, -0.15) is 26.7 Å². The van der Waals surface area contributed by atoms with Gasteiger partial charge >= 0.3 is 6.18 Å². The largest absolute Gasteiger partial charge is 0.401 e. The third kappa shape index (κ3) is 8.00. The number of nitrogens with zero attached hydrogens (tertiary/aromatic N) is 5. The number of pyridine rings is 2. The predicted octanol–water partition coefficient (Wildman–Crippen LogP) is 5.73. The van der Waals surface area contributed by atoms with Crippen molar-refractivity contribution in [1.29, 1.82) is 0 Å². The first-order chi connectivity index (χ1) is 20.6. The zero-order valence-corrected chi connectivity index (χ0v) is 25.5. The summed E-state index contributed by atoms with van der Waals surface area (Å²) in [7, 11) is 1.46. The highest BCUT2D eigenvalue weighted by Gasteiger charge is 2.32. The molecule has 1 fully saturated rings. The van der Waals surface area contributed by atoms with Gasteiger partial charge in [0.2, 0.25) is 0 Å². The Morgan fingerprint density at radius 3 is 2.52 bits per heavy atom. The van der Waals surface area contributed by atoms with E-state index in [0.29, 0.717) is 48.0 Å². The number of hydrogen-bond acceptors (Lipinski definition) is 7. The Balaban J connectivity index is 0.00000442. The van der Waals surface area contributed by atoms with Crippen LogP contribution in [0.3, 0.4) is 0 Å². The van der Waals surface area contributed by atoms with Crippen LogP contribution in [-0.4, -0.2) is 70.1 Å². The van der Waals surface area contributed by atoms with Gasteiger partial charge in [-0.15, -0.1) is 0 Å². The minimum atomic E-state index is -4.16. The van der Waals surface area contributed by atoms with Crippen LogP contribution in [0, 0.1) is 11.7 Å². The molecule has 44 heavy (non-hydrogen) atoms. The monoisotopic (exact) mass is 629 g/mol. The number of hydrogen-bond donors (Lipinski definition) is 2. The number of carbonyl (C=O) groups is 1. The minimum Gasteiger partial charge on any atom is -0.369 e. The minimum absolute atomic E-state index is 0. The van der Waals surface area contributed by atoms with E-state index in [-0.39, 0.29) is 25.0 Å². The quantitative estimate of drug-likeness (QED) is 0.228. The number of rotatable bonds is 9. The number of piperidine rings is 1. The van der Waals surface area contributed by atoms with E-state index in [4.69, 9.17) is 0 Å². The van der Waals surface area contributed by atoms with Crippen molar-refractivity contribution in [2.24, 2.45) is 5.92 Å². The summed E-state index contributed by atoms with van der Waals surface area (Å²) in [4.78, 5) is 31.4. The summed E-state index contributed by atoms with van der Waals surface area (Å²) in [6, 6.07) is 11.1. The lowest BCUT2D eigenvalue weighted by Crippen LogP contribution is -2.40. The fourth-order valence-corrected chi connectivity index (χ4v) is 5.55. The topological polar surface area (TPSA) is 95.9 Å². The van der Waals surface area contributed by atoms with Gasteiger partial charge in [0.25, 0.3) is 5.91 Å². The van der Waals surface area contributed by atoms with Gasteiger partial charge in [-0.3, -0.25) is 19.7 Å². The van der Waals surface area contributed by atoms with E-state index in [0.717, 1.165) is 42.3 Å². The molecule has 0 radical (unpaired) electrons. The lowest BCUT2D eigenvalue weighted by Gasteiger charge is -2.32. The molecular weight excluding hydrogens is 594 g/mol. The van der Waals surface area contributed by atoms with Crippen molar-refractivity contribution in [2.75, 3.05) is 38.5 Å². The predicted molar refractivity (Wildman–Crippen MR) is 167 cm³/mol. The number of fused-ring (bicyclic) bond motifs is 1. The first-order valence-electron chi connectivity index (χ1n) is 14.2. The number of alkyl halides is 3. The summed E-state index contributed by atoms with van der Waals surface area (Å²) in [5, 5.41) is 6.27. The summed E-state index contributed by atoms with van der Waals surface area (Å²) in [6.45, 7) is 2.57. The normalized spacial score (nSPS) is 15.0. The summed E-state index contributed by atoms with van der Waals surface area (Å²) in [6.07, 6.45) is 2.33. The zero-order valence-electron chi connectivity index (χ0n) is 24.5. The Labute approximate surface area is 260 Å². The number of halogens is 4. The Kier molecular flexibility index (Phi) is 10.7. The van der Waals surface area contributed by atoms with E-state index < -0.39 is 24.4 Å². The molecule has 1 saturated heterocycles. The van der Waals surface area contributed by atoms with Crippen molar-refractivity contribution < 1.29 is 22.4 Å². The molecule has 1 aliphatic heterocycles. The molecule has 1 aromatic carbocycles. The van der Waals surface area contributed by atoms with Gasteiger partial charge in [-0.1, -0.05) is 25.1 Å². The Bertz CT molecular complexity index is 1580. The second-order valence-corrected chi connectivity index (χ2v) is 11.0. The molecule has 0 saturated carbocycles. The standard InChI is InChI=1S/C31H33F4N7O.H2S/c1-19(23-4-3-5-24-28(30(43)36-2)25(32)16-39-29(23)24)14-38-27-13-26(40-18-41-27)21-6-7-22(37-15-21)12-20-8-10-42(11-9-20)17-31(33,34)35;/h3-7,13,15-16,18-20H,8-12,14,17H2,1-2H3,(H,36,43)(H,38,40,41);1H2/t19-;/m1./s1. The second-order valence-electron chi connectivity index (χ2n) is 11.0. The third-order valence-electron chi connectivity index (χ3n) is 7.85. The molecule has 0 bridgehead atoms. The fraction of sp³-hybridized carbons (Fsp3) is 0.387. The van der Waals surface area contributed by atoms with Gasteiger partial charge in [0.15, 0.2) is 5.82 Å². The molecule has 8 nitrogen and oxygen atoms in total. The van der Waals surface area contributed by atoms with Crippen LogP contribution >= 0.6 is 13.5 Å². The molecule has 1 atom stereocenters. The highest BCUT2D eigenvalue weighted by Crippen LogP contribution is 2.29. The average Bonchev–Trinajstić information content (AvgIpc) is 3.00. The van der Waals surface area contributed by atoms with Crippen LogP contribution in [0.15, 0.2) is 55.1 Å². The number of nitrogens with one attached hydrogen (secondary N) is 2. The lowest BCUT2D eigenvalue weighted by molar-refractivity contribution is -0.148. The average molecular weight is 630 g/mol. The first kappa shape index (κ1) is 33.1. The zero-order chi connectivity index (χ0) is 30.6. The van der Waals surface area contributed by atoms with E-state index in [1.807, 2.05) is 31.2 Å². The van der Waals surface area contributed by atoms with Gasteiger partial charge in [-0.25, -0.2) is 14.4 Å². The van der Waals surface area contributed by atoms with E-state index in [2.05, 4.69) is 30.6 Å². The van der Waals surface area contributed by atoms with E-state index >= 15 is 0 Å². The number of anilines is 1. The summed E-state index contributed by atoms with van der Waals surface area (Å²) in [5.74, 6) is -0.285. The number of para-hydroxylation sites is 1. The van der Waals surface area contributed by atoms with Crippen molar-refractivity contribution in [3.63, 3.8) is 0 Å². The molecule has 3 aromatic heterocycles. The molecule has 0 aliphatic carbocycles. The molecule has 2 N–H and O–H groups in total. The van der Waals surface area contributed by atoms with Crippen LogP contribution < -0.4 is 10.6 Å². The second kappa shape index (κ2) is 14.3.